The summed E-state index contributed by atoms with van der Waals surface area (Å²) in [4.78, 5) is 4.63. The van der Waals surface area contributed by atoms with Gasteiger partial charge in [0.1, 0.15) is 0 Å². The molecule has 5 aromatic rings. The minimum Gasteiger partial charge on any atom is -0.310 e. The number of nitrogens with zero attached hydrogens (tertiary/aromatic N) is 2. The lowest BCUT2D eigenvalue weighted by molar-refractivity contribution is 1.23. The average molecular weight is 548 g/mol. The smallest absolute Gasteiger partial charge is 0.0493 e. The summed E-state index contributed by atoms with van der Waals surface area (Å²) in [7, 11) is 0. The van der Waals surface area contributed by atoms with Crippen molar-refractivity contribution in [2.45, 2.75) is 27.7 Å². The first-order valence-corrected chi connectivity index (χ1v) is 13.3. The van der Waals surface area contributed by atoms with Crippen molar-refractivity contribution >= 4 is 50.1 Å². The third-order valence-electron chi connectivity index (χ3n) is 6.55. The topological polar surface area (TPSA) is 6.48 Å². The van der Waals surface area contributed by atoms with E-state index in [0.717, 1.165) is 38.6 Å². The fourth-order valence-corrected chi connectivity index (χ4v) is 4.96. The highest BCUT2D eigenvalue weighted by molar-refractivity contribution is 9.10. The van der Waals surface area contributed by atoms with Crippen LogP contribution in [0.5, 0.6) is 0 Å². The van der Waals surface area contributed by atoms with Crippen molar-refractivity contribution < 1.29 is 0 Å². The summed E-state index contributed by atoms with van der Waals surface area (Å²) < 4.78 is 1.02. The van der Waals surface area contributed by atoms with Crippen LogP contribution in [0, 0.1) is 27.7 Å². The minimum atomic E-state index is 1.02. The zero-order valence-electron chi connectivity index (χ0n) is 21.7. The molecule has 5 aromatic carbocycles. The van der Waals surface area contributed by atoms with Crippen LogP contribution in [0.4, 0.5) is 34.1 Å². The van der Waals surface area contributed by atoms with Gasteiger partial charge in [-0.15, -0.1) is 0 Å². The molecule has 0 saturated carbocycles. The summed E-state index contributed by atoms with van der Waals surface area (Å²) in [5.41, 5.74) is 11.6. The molecule has 0 bridgehead atoms. The highest BCUT2D eigenvalue weighted by Crippen LogP contribution is 2.42. The minimum absolute atomic E-state index is 1.02. The number of rotatable bonds is 6. The Labute approximate surface area is 229 Å². The largest absolute Gasteiger partial charge is 0.310 e. The van der Waals surface area contributed by atoms with Crippen LogP contribution in [0.1, 0.15) is 22.3 Å². The molecule has 0 fully saturated rings. The Morgan fingerprint density at radius 2 is 0.595 bits per heavy atom. The lowest BCUT2D eigenvalue weighted by Crippen LogP contribution is -2.13. The molecule has 37 heavy (non-hydrogen) atoms. The van der Waals surface area contributed by atoms with Gasteiger partial charge < -0.3 is 9.80 Å². The van der Waals surface area contributed by atoms with Gasteiger partial charge >= 0.3 is 0 Å². The molecule has 0 heterocycles. The van der Waals surface area contributed by atoms with Crippen LogP contribution in [0.2, 0.25) is 0 Å². The molecule has 3 heteroatoms. The summed E-state index contributed by atoms with van der Waals surface area (Å²) in [6.07, 6.45) is 0. The quantitative estimate of drug-likeness (QED) is 0.209. The van der Waals surface area contributed by atoms with Gasteiger partial charge in [0.15, 0.2) is 0 Å². The molecule has 5 rings (SSSR count). The van der Waals surface area contributed by atoms with Crippen molar-refractivity contribution in [1.82, 2.24) is 0 Å². The van der Waals surface area contributed by atoms with Crippen molar-refractivity contribution in [1.29, 1.82) is 0 Å². The molecule has 0 saturated heterocycles. The van der Waals surface area contributed by atoms with E-state index in [9.17, 15) is 0 Å². The summed E-state index contributed by atoms with van der Waals surface area (Å²) in [6.45, 7) is 8.49. The van der Waals surface area contributed by atoms with Gasteiger partial charge in [0.25, 0.3) is 0 Å². The normalized spacial score (nSPS) is 10.8. The van der Waals surface area contributed by atoms with Crippen LogP contribution in [0.3, 0.4) is 0 Å². The van der Waals surface area contributed by atoms with Crippen LogP contribution in [0.25, 0.3) is 0 Å². The van der Waals surface area contributed by atoms with E-state index in [1.165, 1.54) is 22.3 Å². The monoisotopic (exact) mass is 546 g/mol. The molecule has 0 aliphatic carbocycles. The first-order chi connectivity index (χ1) is 17.9. The van der Waals surface area contributed by atoms with Crippen LogP contribution in [-0.4, -0.2) is 0 Å². The maximum absolute atomic E-state index is 3.83. The molecule has 0 aliphatic rings. The number of hydrogen-bond donors (Lipinski definition) is 0. The zero-order valence-corrected chi connectivity index (χ0v) is 23.3. The lowest BCUT2D eigenvalue weighted by Gasteiger charge is -2.30. The molecular weight excluding hydrogens is 516 g/mol. The number of halogens is 1. The maximum atomic E-state index is 3.83. The van der Waals surface area contributed by atoms with E-state index in [1.54, 1.807) is 0 Å². The van der Waals surface area contributed by atoms with E-state index in [2.05, 4.69) is 169 Å². The molecule has 0 aliphatic heterocycles. The standard InChI is InChI=1S/C34H31BrN2/c1-24-5-13-29(14-6-24)36(30-15-7-25(2)8-16-30)33-21-28(35)22-34(23-33)37(31-17-9-26(3)10-18-31)32-19-11-27(4)12-20-32/h5-23H,1-4H3. The van der Waals surface area contributed by atoms with Crippen LogP contribution >= 0.6 is 15.9 Å². The number of anilines is 6. The van der Waals surface area contributed by atoms with Crippen molar-refractivity contribution in [3.63, 3.8) is 0 Å². The fourth-order valence-electron chi connectivity index (χ4n) is 4.49. The Hall–Kier alpha value is -3.82. The second-order valence-corrected chi connectivity index (χ2v) is 10.6. The van der Waals surface area contributed by atoms with Gasteiger partial charge in [-0.25, -0.2) is 0 Å². The van der Waals surface area contributed by atoms with E-state index in [0.29, 0.717) is 0 Å². The van der Waals surface area contributed by atoms with Gasteiger partial charge in [0.2, 0.25) is 0 Å². The Morgan fingerprint density at radius 3 is 0.838 bits per heavy atom. The Morgan fingerprint density at radius 1 is 0.351 bits per heavy atom. The summed E-state index contributed by atoms with van der Waals surface area (Å²) in [5, 5.41) is 0. The molecule has 2 nitrogen and oxygen atoms in total. The second kappa shape index (κ2) is 10.7. The Kier molecular flexibility index (Phi) is 7.16. The van der Waals surface area contributed by atoms with Gasteiger partial charge in [0.05, 0.1) is 0 Å². The van der Waals surface area contributed by atoms with E-state index in [4.69, 9.17) is 0 Å². The first-order valence-electron chi connectivity index (χ1n) is 12.5. The van der Waals surface area contributed by atoms with E-state index in [-0.39, 0.29) is 0 Å². The van der Waals surface area contributed by atoms with Gasteiger partial charge in [-0.05, 0) is 94.4 Å². The van der Waals surface area contributed by atoms with Gasteiger partial charge in [-0.1, -0.05) is 86.7 Å². The Bertz CT molecular complexity index is 1280. The highest BCUT2D eigenvalue weighted by Gasteiger charge is 2.18. The first kappa shape index (κ1) is 24.9. The molecule has 184 valence electrons. The molecule has 0 spiro atoms. The number of hydrogen-bond acceptors (Lipinski definition) is 2. The number of benzene rings is 5. The molecule has 0 unspecified atom stereocenters. The zero-order chi connectivity index (χ0) is 25.9. The number of aryl methyl sites for hydroxylation is 4. The third-order valence-corrected chi connectivity index (χ3v) is 7.01. The van der Waals surface area contributed by atoms with E-state index >= 15 is 0 Å². The molecular formula is C34H31BrN2. The van der Waals surface area contributed by atoms with E-state index in [1.807, 2.05) is 0 Å². The average Bonchev–Trinajstić information content (AvgIpc) is 2.89. The lowest BCUT2D eigenvalue weighted by atomic mass is 10.1. The van der Waals surface area contributed by atoms with Crippen LogP contribution < -0.4 is 9.80 Å². The molecule has 0 N–H and O–H groups in total. The predicted molar refractivity (Wildman–Crippen MR) is 162 cm³/mol. The van der Waals surface area contributed by atoms with Crippen LogP contribution in [0.15, 0.2) is 120 Å². The van der Waals surface area contributed by atoms with Crippen molar-refractivity contribution in [2.75, 3.05) is 9.80 Å². The maximum Gasteiger partial charge on any atom is 0.0493 e. The molecule has 0 aromatic heterocycles. The highest BCUT2D eigenvalue weighted by atomic mass is 79.9. The SMILES string of the molecule is Cc1ccc(N(c2ccc(C)cc2)c2cc(Br)cc(N(c3ccc(C)cc3)c3ccc(C)cc3)c2)cc1. The third kappa shape index (κ3) is 5.63. The van der Waals surface area contributed by atoms with Gasteiger partial charge in [0, 0.05) is 38.6 Å². The molecule has 0 atom stereocenters. The summed E-state index contributed by atoms with van der Waals surface area (Å²) in [6, 6.07) is 41.5. The van der Waals surface area contributed by atoms with Gasteiger partial charge in [-0.2, -0.15) is 0 Å². The van der Waals surface area contributed by atoms with E-state index < -0.39 is 0 Å². The Balaban J connectivity index is 1.69. The van der Waals surface area contributed by atoms with Crippen molar-refractivity contribution in [3.8, 4) is 0 Å². The predicted octanol–water partition coefficient (Wildman–Crippen LogP) is 10.6. The van der Waals surface area contributed by atoms with Crippen LogP contribution in [-0.2, 0) is 0 Å². The second-order valence-electron chi connectivity index (χ2n) is 9.68. The summed E-state index contributed by atoms with van der Waals surface area (Å²) in [5.74, 6) is 0. The van der Waals surface area contributed by atoms with Crippen molar-refractivity contribution in [3.05, 3.63) is 142 Å². The fraction of sp³-hybridized carbons (Fsp3) is 0.118. The summed E-state index contributed by atoms with van der Waals surface area (Å²) >= 11 is 3.83. The van der Waals surface area contributed by atoms with Crippen molar-refractivity contribution in [2.24, 2.45) is 0 Å². The van der Waals surface area contributed by atoms with Gasteiger partial charge in [-0.3, -0.25) is 0 Å². The molecule has 0 radical (unpaired) electrons. The molecule has 0 amide bonds.